The van der Waals surface area contributed by atoms with E-state index in [0.717, 1.165) is 6.07 Å². The Morgan fingerprint density at radius 3 is 2.31 bits per heavy atom. The number of rotatable bonds is 6. The van der Waals surface area contributed by atoms with Crippen molar-refractivity contribution in [1.82, 2.24) is 0 Å². The number of sulfone groups is 1. The van der Waals surface area contributed by atoms with E-state index in [9.17, 15) is 28.4 Å². The molecule has 0 aliphatic rings. The molecule has 0 aromatic heterocycles. The summed E-state index contributed by atoms with van der Waals surface area (Å²) in [6, 6.07) is 14.4. The van der Waals surface area contributed by atoms with Gasteiger partial charge in [0, 0.05) is 23.4 Å². The van der Waals surface area contributed by atoms with Crippen LogP contribution in [0.15, 0.2) is 70.5 Å². The Balaban J connectivity index is 2.15. The molecule has 0 spiro atoms. The molecule has 0 atom stereocenters. The van der Waals surface area contributed by atoms with Gasteiger partial charge in [0.1, 0.15) is 10.6 Å². The molecule has 0 saturated heterocycles. The van der Waals surface area contributed by atoms with Crippen molar-refractivity contribution >= 4 is 27.1 Å². The second kappa shape index (κ2) is 8.80. The number of anilines is 1. The normalized spacial score (nSPS) is 11.4. The number of carbonyl (C=O) groups is 1. The van der Waals surface area contributed by atoms with E-state index in [4.69, 9.17) is 0 Å². The van der Waals surface area contributed by atoms with Gasteiger partial charge in [0.25, 0.3) is 11.6 Å². The van der Waals surface area contributed by atoms with Crippen molar-refractivity contribution in [2.24, 2.45) is 0 Å². The van der Waals surface area contributed by atoms with Crippen LogP contribution in [0, 0.1) is 17.0 Å². The van der Waals surface area contributed by atoms with Crippen LogP contribution in [0.2, 0.25) is 0 Å². The Bertz CT molecular complexity index is 1300. The summed E-state index contributed by atoms with van der Waals surface area (Å²) in [6.07, 6.45) is 0. The minimum Gasteiger partial charge on any atom is -0.506 e. The molecule has 0 bridgehead atoms. The third kappa shape index (κ3) is 4.33. The van der Waals surface area contributed by atoms with Gasteiger partial charge < -0.3 is 10.4 Å². The lowest BCUT2D eigenvalue weighted by Crippen LogP contribution is -2.15. The van der Waals surface area contributed by atoms with E-state index in [1.165, 1.54) is 43.3 Å². The van der Waals surface area contributed by atoms with Gasteiger partial charge in [-0.2, -0.15) is 0 Å². The Labute approximate surface area is 185 Å². The number of non-ortho nitro benzene ring substituents is 1. The standard InChI is InChI=1S/C23H22N2O6S/c1-14(2)19-13-20(24-23(27)16-8-7-9-17(12-16)25(28)29)15(3)22(21(19)26)32(30,31)18-10-5-4-6-11-18/h4-14,26H,1-3H3,(H,24,27). The average Bonchev–Trinajstić information content (AvgIpc) is 2.76. The first-order valence-electron chi connectivity index (χ1n) is 9.76. The molecule has 0 aliphatic heterocycles. The molecule has 1 amide bonds. The molecular formula is C23H22N2O6S. The first-order chi connectivity index (χ1) is 15.0. The van der Waals surface area contributed by atoms with Gasteiger partial charge in [0.15, 0.2) is 0 Å². The summed E-state index contributed by atoms with van der Waals surface area (Å²) in [5.74, 6) is -1.25. The van der Waals surface area contributed by atoms with Gasteiger partial charge in [-0.1, -0.05) is 38.1 Å². The maximum Gasteiger partial charge on any atom is 0.270 e. The number of nitro groups is 1. The lowest BCUT2D eigenvalue weighted by Gasteiger charge is -2.19. The van der Waals surface area contributed by atoms with Crippen LogP contribution in [-0.2, 0) is 9.84 Å². The van der Waals surface area contributed by atoms with E-state index in [1.807, 2.05) is 0 Å². The van der Waals surface area contributed by atoms with Gasteiger partial charge in [-0.3, -0.25) is 14.9 Å². The van der Waals surface area contributed by atoms with Crippen molar-refractivity contribution < 1.29 is 23.2 Å². The highest BCUT2D eigenvalue weighted by Crippen LogP contribution is 2.41. The summed E-state index contributed by atoms with van der Waals surface area (Å²) in [5, 5.41) is 24.5. The quantitative estimate of drug-likeness (QED) is 0.312. The molecule has 8 nitrogen and oxygen atoms in total. The van der Waals surface area contributed by atoms with E-state index in [0.29, 0.717) is 5.56 Å². The molecule has 9 heteroatoms. The van der Waals surface area contributed by atoms with Crippen LogP contribution in [0.4, 0.5) is 11.4 Å². The number of nitrogens with zero attached hydrogens (tertiary/aromatic N) is 1. The number of hydrogen-bond donors (Lipinski definition) is 2. The van der Waals surface area contributed by atoms with Crippen LogP contribution in [0.1, 0.15) is 41.3 Å². The monoisotopic (exact) mass is 454 g/mol. The topological polar surface area (TPSA) is 127 Å². The van der Waals surface area contributed by atoms with Crippen molar-refractivity contribution in [1.29, 1.82) is 0 Å². The Kier molecular flexibility index (Phi) is 6.31. The second-order valence-electron chi connectivity index (χ2n) is 7.55. The number of amides is 1. The molecule has 0 radical (unpaired) electrons. The summed E-state index contributed by atoms with van der Waals surface area (Å²) >= 11 is 0. The molecule has 0 heterocycles. The molecule has 2 N–H and O–H groups in total. The molecule has 3 aromatic carbocycles. The lowest BCUT2D eigenvalue weighted by molar-refractivity contribution is -0.384. The minimum atomic E-state index is -4.09. The third-order valence-corrected chi connectivity index (χ3v) is 6.97. The van der Waals surface area contributed by atoms with Crippen LogP contribution in [0.25, 0.3) is 0 Å². The Morgan fingerprint density at radius 2 is 1.72 bits per heavy atom. The second-order valence-corrected chi connectivity index (χ2v) is 9.44. The predicted octanol–water partition coefficient (Wildman–Crippen LogP) is 4.82. The maximum atomic E-state index is 13.3. The van der Waals surface area contributed by atoms with Crippen molar-refractivity contribution in [3.8, 4) is 5.75 Å². The van der Waals surface area contributed by atoms with Gasteiger partial charge in [-0.25, -0.2) is 8.42 Å². The molecular weight excluding hydrogens is 432 g/mol. The summed E-state index contributed by atoms with van der Waals surface area (Å²) in [4.78, 5) is 22.9. The maximum absolute atomic E-state index is 13.3. The molecule has 166 valence electrons. The zero-order chi connectivity index (χ0) is 23.6. The number of phenolic OH excluding ortho intramolecular Hbond substituents is 1. The summed E-state index contributed by atoms with van der Waals surface area (Å²) in [6.45, 7) is 5.06. The zero-order valence-corrected chi connectivity index (χ0v) is 18.5. The van der Waals surface area contributed by atoms with Gasteiger partial charge in [-0.05, 0) is 48.2 Å². The van der Waals surface area contributed by atoms with Crippen LogP contribution in [0.5, 0.6) is 5.75 Å². The Hall–Kier alpha value is -3.72. The minimum absolute atomic E-state index is 0.00951. The largest absolute Gasteiger partial charge is 0.506 e. The highest BCUT2D eigenvalue weighted by Gasteiger charge is 2.29. The van der Waals surface area contributed by atoms with Gasteiger partial charge in [-0.15, -0.1) is 0 Å². The molecule has 0 unspecified atom stereocenters. The van der Waals surface area contributed by atoms with Crippen LogP contribution in [-0.4, -0.2) is 24.4 Å². The summed E-state index contributed by atoms with van der Waals surface area (Å²) in [5.41, 5.74) is 0.507. The number of phenols is 1. The zero-order valence-electron chi connectivity index (χ0n) is 17.7. The fourth-order valence-electron chi connectivity index (χ4n) is 3.33. The smallest absolute Gasteiger partial charge is 0.270 e. The number of hydrogen-bond acceptors (Lipinski definition) is 6. The number of carbonyl (C=O) groups excluding carboxylic acids is 1. The highest BCUT2D eigenvalue weighted by molar-refractivity contribution is 7.91. The first-order valence-corrected chi connectivity index (χ1v) is 11.2. The van der Waals surface area contributed by atoms with Crippen molar-refractivity contribution in [2.75, 3.05) is 5.32 Å². The molecule has 0 aliphatic carbocycles. The molecule has 3 rings (SSSR count). The van der Waals surface area contributed by atoms with E-state index >= 15 is 0 Å². The molecule has 0 saturated carbocycles. The van der Waals surface area contributed by atoms with Crippen LogP contribution >= 0.6 is 0 Å². The number of nitro benzene ring substituents is 1. The van der Waals surface area contributed by atoms with Crippen LogP contribution < -0.4 is 5.32 Å². The number of aromatic hydroxyl groups is 1. The number of nitrogens with one attached hydrogen (secondary N) is 1. The average molecular weight is 455 g/mol. The number of benzene rings is 3. The SMILES string of the molecule is Cc1c(NC(=O)c2cccc([N+](=O)[O-])c2)cc(C(C)C)c(O)c1S(=O)(=O)c1ccccc1. The fraction of sp³-hybridized carbons (Fsp3) is 0.174. The van der Waals surface area contributed by atoms with E-state index in [1.54, 1.807) is 32.0 Å². The van der Waals surface area contributed by atoms with E-state index in [2.05, 4.69) is 5.32 Å². The summed E-state index contributed by atoms with van der Waals surface area (Å²) in [7, 11) is -4.09. The lowest BCUT2D eigenvalue weighted by atomic mass is 9.99. The molecule has 32 heavy (non-hydrogen) atoms. The van der Waals surface area contributed by atoms with Gasteiger partial charge in [0.2, 0.25) is 9.84 Å². The molecule has 3 aromatic rings. The van der Waals surface area contributed by atoms with Crippen molar-refractivity contribution in [3.05, 3.63) is 87.5 Å². The predicted molar refractivity (Wildman–Crippen MR) is 120 cm³/mol. The summed E-state index contributed by atoms with van der Waals surface area (Å²) < 4.78 is 26.7. The van der Waals surface area contributed by atoms with Crippen molar-refractivity contribution in [3.63, 3.8) is 0 Å². The Morgan fingerprint density at radius 1 is 1.06 bits per heavy atom. The van der Waals surface area contributed by atoms with E-state index in [-0.39, 0.29) is 44.0 Å². The van der Waals surface area contributed by atoms with Gasteiger partial charge >= 0.3 is 0 Å². The third-order valence-electron chi connectivity index (χ3n) is 5.04. The highest BCUT2D eigenvalue weighted by atomic mass is 32.2. The fourth-order valence-corrected chi connectivity index (χ4v) is 4.97. The van der Waals surface area contributed by atoms with Crippen LogP contribution in [0.3, 0.4) is 0 Å². The van der Waals surface area contributed by atoms with E-state index < -0.39 is 20.7 Å². The van der Waals surface area contributed by atoms with Crippen molar-refractivity contribution in [2.45, 2.75) is 36.5 Å². The van der Waals surface area contributed by atoms with Gasteiger partial charge in [0.05, 0.1) is 9.82 Å². The first kappa shape index (κ1) is 23.0. The molecule has 0 fully saturated rings.